The highest BCUT2D eigenvalue weighted by Crippen LogP contribution is 2.27. The number of fused-ring (bicyclic) bond motifs is 3. The predicted molar refractivity (Wildman–Crippen MR) is 139 cm³/mol. The molecule has 1 aliphatic heterocycles. The van der Waals surface area contributed by atoms with Crippen molar-refractivity contribution in [1.29, 1.82) is 0 Å². The fourth-order valence-electron chi connectivity index (χ4n) is 4.85. The Morgan fingerprint density at radius 2 is 1.74 bits per heavy atom. The second-order valence-electron chi connectivity index (χ2n) is 9.39. The molecule has 3 heterocycles. The standard InChI is InChI=1S/C27H32N6O2/c1-20-7-3-4-8-21(20)18-32-24-10-6-5-9-22(24)23-17-29-33(27(35)26(23)32)19-25(34)28-11-12-31-15-13-30(2)14-16-31/h3-10,17H,11-16,18-19H2,1-2H3,(H,28,34). The Labute approximate surface area is 204 Å². The highest BCUT2D eigenvalue weighted by atomic mass is 16.2. The van der Waals surface area contributed by atoms with Crippen molar-refractivity contribution in [3.05, 3.63) is 76.2 Å². The summed E-state index contributed by atoms with van der Waals surface area (Å²) in [5, 5.41) is 9.11. The summed E-state index contributed by atoms with van der Waals surface area (Å²) >= 11 is 0. The number of likely N-dealkylation sites (N-methyl/N-ethyl adjacent to an activating group) is 1. The number of carbonyl (C=O) groups is 1. The molecule has 0 saturated carbocycles. The molecule has 1 amide bonds. The highest BCUT2D eigenvalue weighted by Gasteiger charge is 2.18. The molecule has 5 rings (SSSR count). The Hall–Kier alpha value is -3.49. The zero-order valence-corrected chi connectivity index (χ0v) is 20.4. The van der Waals surface area contributed by atoms with Crippen LogP contribution in [0.1, 0.15) is 11.1 Å². The van der Waals surface area contributed by atoms with Gasteiger partial charge in [0.2, 0.25) is 5.91 Å². The second kappa shape index (κ2) is 10.0. The van der Waals surface area contributed by atoms with E-state index >= 15 is 0 Å². The van der Waals surface area contributed by atoms with Crippen molar-refractivity contribution in [3.63, 3.8) is 0 Å². The van der Waals surface area contributed by atoms with E-state index < -0.39 is 0 Å². The van der Waals surface area contributed by atoms with E-state index in [2.05, 4.69) is 50.9 Å². The van der Waals surface area contributed by atoms with Gasteiger partial charge in [-0.1, -0.05) is 42.5 Å². The first kappa shape index (κ1) is 23.3. The minimum atomic E-state index is -0.249. The number of benzene rings is 2. The maximum atomic E-state index is 13.6. The molecule has 2 aromatic carbocycles. The third-order valence-electron chi connectivity index (χ3n) is 7.00. The van der Waals surface area contributed by atoms with Crippen LogP contribution >= 0.6 is 0 Å². The lowest BCUT2D eigenvalue weighted by atomic mass is 10.1. The summed E-state index contributed by atoms with van der Waals surface area (Å²) in [4.78, 5) is 30.9. The minimum Gasteiger partial charge on any atom is -0.353 e. The third-order valence-corrected chi connectivity index (χ3v) is 7.00. The Kier molecular flexibility index (Phi) is 6.66. The molecule has 8 heteroatoms. The van der Waals surface area contributed by atoms with Crippen molar-refractivity contribution in [1.82, 2.24) is 29.5 Å². The number of aryl methyl sites for hydroxylation is 1. The quantitative estimate of drug-likeness (QED) is 0.446. The van der Waals surface area contributed by atoms with E-state index in [4.69, 9.17) is 0 Å². The summed E-state index contributed by atoms with van der Waals surface area (Å²) in [7, 11) is 2.13. The van der Waals surface area contributed by atoms with E-state index in [-0.39, 0.29) is 18.0 Å². The first-order valence-electron chi connectivity index (χ1n) is 12.2. The number of hydrogen-bond donors (Lipinski definition) is 1. The Morgan fingerprint density at radius 1 is 1.00 bits per heavy atom. The number of para-hydroxylation sites is 1. The Balaban J connectivity index is 1.39. The van der Waals surface area contributed by atoms with E-state index in [1.165, 1.54) is 10.2 Å². The van der Waals surface area contributed by atoms with E-state index in [1.807, 2.05) is 36.4 Å². The van der Waals surface area contributed by atoms with Crippen LogP contribution in [0.15, 0.2) is 59.5 Å². The fourth-order valence-corrected chi connectivity index (χ4v) is 4.85. The number of rotatable bonds is 7. The van der Waals surface area contributed by atoms with E-state index in [1.54, 1.807) is 6.20 Å². The maximum absolute atomic E-state index is 13.6. The van der Waals surface area contributed by atoms with Crippen LogP contribution in [0.5, 0.6) is 0 Å². The highest BCUT2D eigenvalue weighted by molar-refractivity contribution is 6.07. The van der Waals surface area contributed by atoms with Crippen LogP contribution < -0.4 is 10.9 Å². The average molecular weight is 473 g/mol. The lowest BCUT2D eigenvalue weighted by Gasteiger charge is -2.32. The molecule has 4 aromatic rings. The van der Waals surface area contributed by atoms with Crippen LogP contribution in [0.2, 0.25) is 0 Å². The van der Waals surface area contributed by atoms with Crippen LogP contribution in [0.25, 0.3) is 21.8 Å². The summed E-state index contributed by atoms with van der Waals surface area (Å²) in [5.41, 5.74) is 3.64. The number of amides is 1. The summed E-state index contributed by atoms with van der Waals surface area (Å²) in [6.45, 7) is 8.04. The van der Waals surface area contributed by atoms with Crippen molar-refractivity contribution in [3.8, 4) is 0 Å². The average Bonchev–Trinajstić information content (AvgIpc) is 3.18. The molecular weight excluding hydrogens is 440 g/mol. The number of carbonyl (C=O) groups excluding carboxylic acids is 1. The van der Waals surface area contributed by atoms with Crippen molar-refractivity contribution in [2.75, 3.05) is 46.3 Å². The van der Waals surface area contributed by atoms with Crippen molar-refractivity contribution in [2.24, 2.45) is 0 Å². The normalized spacial score (nSPS) is 15.1. The molecule has 1 fully saturated rings. The van der Waals surface area contributed by atoms with Crippen LogP contribution in [-0.4, -0.2) is 76.4 Å². The summed E-state index contributed by atoms with van der Waals surface area (Å²) < 4.78 is 3.33. The molecule has 35 heavy (non-hydrogen) atoms. The third kappa shape index (κ3) is 4.85. The second-order valence-corrected chi connectivity index (χ2v) is 9.39. The van der Waals surface area contributed by atoms with Gasteiger partial charge in [0.05, 0.1) is 6.20 Å². The molecule has 0 aliphatic carbocycles. The molecule has 0 atom stereocenters. The molecule has 0 unspecified atom stereocenters. The molecule has 1 saturated heterocycles. The molecule has 0 spiro atoms. The van der Waals surface area contributed by atoms with Gasteiger partial charge in [-0.2, -0.15) is 5.10 Å². The van der Waals surface area contributed by atoms with Gasteiger partial charge in [-0.05, 0) is 31.2 Å². The van der Waals surface area contributed by atoms with Gasteiger partial charge < -0.3 is 14.8 Å². The van der Waals surface area contributed by atoms with Crippen molar-refractivity contribution < 1.29 is 4.79 Å². The van der Waals surface area contributed by atoms with Gasteiger partial charge in [0.1, 0.15) is 12.1 Å². The first-order chi connectivity index (χ1) is 17.0. The van der Waals surface area contributed by atoms with Crippen LogP contribution in [0, 0.1) is 6.92 Å². The van der Waals surface area contributed by atoms with Crippen LogP contribution in [0.4, 0.5) is 0 Å². The number of piperazine rings is 1. The van der Waals surface area contributed by atoms with E-state index in [9.17, 15) is 9.59 Å². The van der Waals surface area contributed by atoms with Gasteiger partial charge >= 0.3 is 0 Å². The van der Waals surface area contributed by atoms with Gasteiger partial charge in [-0.15, -0.1) is 0 Å². The number of hydrogen-bond acceptors (Lipinski definition) is 5. The van der Waals surface area contributed by atoms with E-state index in [0.29, 0.717) is 18.6 Å². The number of nitrogens with zero attached hydrogens (tertiary/aromatic N) is 5. The van der Waals surface area contributed by atoms with Crippen molar-refractivity contribution in [2.45, 2.75) is 20.0 Å². The number of nitrogens with one attached hydrogen (secondary N) is 1. The molecule has 0 bridgehead atoms. The molecule has 1 N–H and O–H groups in total. The molecular formula is C27H32N6O2. The molecule has 0 radical (unpaired) electrons. The minimum absolute atomic E-state index is 0.0938. The lowest BCUT2D eigenvalue weighted by molar-refractivity contribution is -0.122. The largest absolute Gasteiger partial charge is 0.353 e. The van der Waals surface area contributed by atoms with Crippen LogP contribution in [0.3, 0.4) is 0 Å². The maximum Gasteiger partial charge on any atom is 0.291 e. The van der Waals surface area contributed by atoms with Crippen LogP contribution in [-0.2, 0) is 17.9 Å². The summed E-state index contributed by atoms with van der Waals surface area (Å²) in [5.74, 6) is -0.199. The Bertz CT molecular complexity index is 1410. The van der Waals surface area contributed by atoms with Gasteiger partial charge in [0.25, 0.3) is 5.56 Å². The summed E-state index contributed by atoms with van der Waals surface area (Å²) in [6.07, 6.45) is 1.71. The first-order valence-corrected chi connectivity index (χ1v) is 12.2. The van der Waals surface area contributed by atoms with Gasteiger partial charge in [-0.25, -0.2) is 4.68 Å². The van der Waals surface area contributed by atoms with E-state index in [0.717, 1.165) is 54.6 Å². The zero-order valence-electron chi connectivity index (χ0n) is 20.4. The smallest absolute Gasteiger partial charge is 0.291 e. The zero-order chi connectivity index (χ0) is 24.4. The predicted octanol–water partition coefficient (Wildman–Crippen LogP) is 2.07. The Morgan fingerprint density at radius 3 is 2.54 bits per heavy atom. The van der Waals surface area contributed by atoms with Gasteiger partial charge in [-0.3, -0.25) is 14.5 Å². The monoisotopic (exact) mass is 472 g/mol. The fraction of sp³-hybridized carbons (Fsp3) is 0.370. The van der Waals surface area contributed by atoms with Gasteiger partial charge in [0, 0.05) is 62.1 Å². The SMILES string of the molecule is Cc1ccccc1Cn1c2ccccc2c2cnn(CC(=O)NCCN3CCN(C)CC3)c(=O)c21. The van der Waals surface area contributed by atoms with Gasteiger partial charge in [0.15, 0.2) is 0 Å². The molecule has 1 aliphatic rings. The molecule has 8 nitrogen and oxygen atoms in total. The summed E-state index contributed by atoms with van der Waals surface area (Å²) in [6, 6.07) is 16.2. The van der Waals surface area contributed by atoms with Crippen molar-refractivity contribution >= 4 is 27.7 Å². The number of aromatic nitrogens is 3. The molecule has 2 aromatic heterocycles. The topological polar surface area (TPSA) is 75.4 Å². The lowest BCUT2D eigenvalue weighted by Crippen LogP contribution is -2.47. The molecule has 182 valence electrons.